The van der Waals surface area contributed by atoms with Crippen LogP contribution in [0.2, 0.25) is 0 Å². The number of carbonyl (C=O) groups excluding carboxylic acids is 1. The summed E-state index contributed by atoms with van der Waals surface area (Å²) < 4.78 is 0. The van der Waals surface area contributed by atoms with Crippen molar-refractivity contribution in [1.29, 1.82) is 0 Å². The molecule has 0 bridgehead atoms. The fourth-order valence-electron chi connectivity index (χ4n) is 3.76. The number of aromatic nitrogens is 4. The van der Waals surface area contributed by atoms with Crippen molar-refractivity contribution in [1.82, 2.24) is 24.8 Å². The summed E-state index contributed by atoms with van der Waals surface area (Å²) >= 11 is 0. The normalized spacial score (nSPS) is 14.3. The van der Waals surface area contributed by atoms with Gasteiger partial charge in [0.05, 0.1) is 22.4 Å². The molecule has 0 saturated carbocycles. The first-order valence-electron chi connectivity index (χ1n) is 9.93. The number of likely N-dealkylation sites (tertiary alicyclic amines) is 1. The van der Waals surface area contributed by atoms with E-state index >= 15 is 0 Å². The summed E-state index contributed by atoms with van der Waals surface area (Å²) in [5.74, 6) is 0. The lowest BCUT2D eigenvalue weighted by atomic mass is 10.1. The Balaban J connectivity index is 1.52. The zero-order valence-electron chi connectivity index (χ0n) is 16.0. The number of nitrogens with zero attached hydrogens (tertiary/aromatic N) is 3. The number of urea groups is 1. The molecule has 0 aliphatic carbocycles. The minimum absolute atomic E-state index is 0.0513. The molecule has 1 aliphatic rings. The molecule has 1 aliphatic heterocycles. The van der Waals surface area contributed by atoms with E-state index in [9.17, 15) is 4.79 Å². The van der Waals surface area contributed by atoms with Crippen LogP contribution in [-0.2, 0) is 0 Å². The highest BCUT2D eigenvalue weighted by Crippen LogP contribution is 2.30. The molecule has 0 spiro atoms. The van der Waals surface area contributed by atoms with Gasteiger partial charge in [-0.15, -0.1) is 0 Å². The summed E-state index contributed by atoms with van der Waals surface area (Å²) in [6, 6.07) is 13.5. The van der Waals surface area contributed by atoms with Gasteiger partial charge < -0.3 is 20.2 Å². The first kappa shape index (κ1) is 17.5. The summed E-state index contributed by atoms with van der Waals surface area (Å²) in [6.07, 6.45) is 7.07. The number of rotatable bonds is 3. The Bertz CT molecular complexity index is 1130. The SMILES string of the molecule is O=C(Nc1ccc2nc(-c3ccc[nH]3)c(-c3ccc[nH]3)nc2c1)N1CCCCC1. The molecule has 3 aromatic heterocycles. The van der Waals surface area contributed by atoms with Crippen LogP contribution in [0.4, 0.5) is 10.5 Å². The number of hydrogen-bond acceptors (Lipinski definition) is 3. The van der Waals surface area contributed by atoms with Gasteiger partial charge in [-0.25, -0.2) is 14.8 Å². The van der Waals surface area contributed by atoms with E-state index in [4.69, 9.17) is 9.97 Å². The molecule has 7 nitrogen and oxygen atoms in total. The number of hydrogen-bond donors (Lipinski definition) is 3. The maximum atomic E-state index is 12.5. The highest BCUT2D eigenvalue weighted by molar-refractivity contribution is 5.93. The Kier molecular flexibility index (Phi) is 4.48. The van der Waals surface area contributed by atoms with Crippen molar-refractivity contribution in [3.05, 3.63) is 54.9 Å². The molecule has 0 atom stereocenters. The van der Waals surface area contributed by atoms with Crippen LogP contribution in [0.25, 0.3) is 33.8 Å². The zero-order chi connectivity index (χ0) is 19.6. The van der Waals surface area contributed by atoms with E-state index < -0.39 is 0 Å². The molecule has 1 saturated heterocycles. The van der Waals surface area contributed by atoms with Crippen LogP contribution in [0.5, 0.6) is 0 Å². The predicted octanol–water partition coefficient (Wildman–Crippen LogP) is 4.64. The minimum atomic E-state index is -0.0513. The van der Waals surface area contributed by atoms with Gasteiger partial charge in [0.15, 0.2) is 0 Å². The van der Waals surface area contributed by atoms with Crippen molar-refractivity contribution in [3.63, 3.8) is 0 Å². The zero-order valence-corrected chi connectivity index (χ0v) is 16.0. The number of piperidine rings is 1. The monoisotopic (exact) mass is 386 g/mol. The maximum Gasteiger partial charge on any atom is 0.321 e. The van der Waals surface area contributed by atoms with Gasteiger partial charge in [-0.1, -0.05) is 0 Å². The van der Waals surface area contributed by atoms with E-state index in [2.05, 4.69) is 15.3 Å². The lowest BCUT2D eigenvalue weighted by Gasteiger charge is -2.26. The average molecular weight is 386 g/mol. The maximum absolute atomic E-state index is 12.5. The van der Waals surface area contributed by atoms with Gasteiger partial charge in [0, 0.05) is 31.2 Å². The molecule has 3 N–H and O–H groups in total. The molecule has 0 unspecified atom stereocenters. The van der Waals surface area contributed by atoms with Crippen LogP contribution in [0.15, 0.2) is 54.9 Å². The van der Waals surface area contributed by atoms with Gasteiger partial charge in [0.2, 0.25) is 0 Å². The number of amides is 2. The third-order valence-electron chi connectivity index (χ3n) is 5.26. The van der Waals surface area contributed by atoms with E-state index in [1.807, 2.05) is 59.8 Å². The van der Waals surface area contributed by atoms with Gasteiger partial charge in [0.1, 0.15) is 11.4 Å². The fraction of sp³-hybridized carbons (Fsp3) is 0.227. The molecule has 2 amide bonds. The second kappa shape index (κ2) is 7.43. The topological polar surface area (TPSA) is 89.7 Å². The number of benzene rings is 1. The number of anilines is 1. The lowest BCUT2D eigenvalue weighted by Crippen LogP contribution is -2.38. The predicted molar refractivity (Wildman–Crippen MR) is 114 cm³/mol. The van der Waals surface area contributed by atoms with Gasteiger partial charge in [0.25, 0.3) is 0 Å². The molecular weight excluding hydrogens is 364 g/mol. The van der Waals surface area contributed by atoms with Crippen molar-refractivity contribution in [2.24, 2.45) is 0 Å². The number of H-pyrrole nitrogens is 2. The summed E-state index contributed by atoms with van der Waals surface area (Å²) in [5.41, 5.74) is 5.60. The van der Waals surface area contributed by atoms with Crippen molar-refractivity contribution < 1.29 is 4.79 Å². The Labute approximate surface area is 168 Å². The molecule has 1 aromatic carbocycles. The fourth-order valence-corrected chi connectivity index (χ4v) is 3.76. The van der Waals surface area contributed by atoms with Crippen LogP contribution in [0.1, 0.15) is 19.3 Å². The van der Waals surface area contributed by atoms with Crippen LogP contribution < -0.4 is 5.32 Å². The summed E-state index contributed by atoms with van der Waals surface area (Å²) in [5, 5.41) is 3.01. The minimum Gasteiger partial charge on any atom is -0.360 e. The van der Waals surface area contributed by atoms with Crippen molar-refractivity contribution in [3.8, 4) is 22.8 Å². The molecule has 29 heavy (non-hydrogen) atoms. The summed E-state index contributed by atoms with van der Waals surface area (Å²) in [6.45, 7) is 1.63. The van der Waals surface area contributed by atoms with E-state index in [-0.39, 0.29) is 6.03 Å². The third kappa shape index (κ3) is 3.47. The third-order valence-corrected chi connectivity index (χ3v) is 5.26. The molecular formula is C22H22N6O. The Morgan fingerprint density at radius 2 is 1.52 bits per heavy atom. The van der Waals surface area contributed by atoms with Gasteiger partial charge in [-0.05, 0) is 61.7 Å². The molecule has 7 heteroatoms. The largest absolute Gasteiger partial charge is 0.360 e. The number of aromatic amines is 2. The van der Waals surface area contributed by atoms with E-state index in [1.165, 1.54) is 6.42 Å². The number of fused-ring (bicyclic) bond motifs is 1. The highest BCUT2D eigenvalue weighted by Gasteiger charge is 2.18. The van der Waals surface area contributed by atoms with Crippen LogP contribution in [0.3, 0.4) is 0 Å². The van der Waals surface area contributed by atoms with Crippen molar-refractivity contribution in [2.75, 3.05) is 18.4 Å². The van der Waals surface area contributed by atoms with Gasteiger partial charge in [-0.3, -0.25) is 0 Å². The van der Waals surface area contributed by atoms with Crippen molar-refractivity contribution >= 4 is 22.8 Å². The van der Waals surface area contributed by atoms with Gasteiger partial charge in [-0.2, -0.15) is 0 Å². The lowest BCUT2D eigenvalue weighted by molar-refractivity contribution is 0.200. The Morgan fingerprint density at radius 1 is 0.862 bits per heavy atom. The van der Waals surface area contributed by atoms with E-state index in [0.717, 1.165) is 65.4 Å². The van der Waals surface area contributed by atoms with Crippen LogP contribution >= 0.6 is 0 Å². The molecule has 0 radical (unpaired) electrons. The molecule has 146 valence electrons. The first-order chi connectivity index (χ1) is 14.3. The average Bonchev–Trinajstić information content (AvgIpc) is 3.47. The Morgan fingerprint density at radius 3 is 2.14 bits per heavy atom. The second-order valence-corrected chi connectivity index (χ2v) is 7.27. The van der Waals surface area contributed by atoms with E-state index in [1.54, 1.807) is 0 Å². The summed E-state index contributed by atoms with van der Waals surface area (Å²) in [7, 11) is 0. The van der Waals surface area contributed by atoms with Crippen LogP contribution in [-0.4, -0.2) is 44.0 Å². The quantitative estimate of drug-likeness (QED) is 0.479. The highest BCUT2D eigenvalue weighted by atomic mass is 16.2. The number of nitrogens with one attached hydrogen (secondary N) is 3. The molecule has 4 heterocycles. The smallest absolute Gasteiger partial charge is 0.321 e. The molecule has 4 aromatic rings. The number of carbonyl (C=O) groups is 1. The second-order valence-electron chi connectivity index (χ2n) is 7.27. The first-order valence-corrected chi connectivity index (χ1v) is 9.93. The van der Waals surface area contributed by atoms with Crippen LogP contribution in [0, 0.1) is 0 Å². The Hall–Kier alpha value is -3.61. The standard InChI is InChI=1S/C22H22N6O/c29-22(28-12-2-1-3-13-28)25-15-8-9-16-19(14-15)27-21(18-7-5-11-24-18)20(26-16)17-6-4-10-23-17/h4-11,14,23-24H,1-3,12-13H2,(H,25,29). The molecule has 5 rings (SSSR count). The van der Waals surface area contributed by atoms with Gasteiger partial charge >= 0.3 is 6.03 Å². The van der Waals surface area contributed by atoms with Crippen molar-refractivity contribution in [2.45, 2.75) is 19.3 Å². The van der Waals surface area contributed by atoms with E-state index in [0.29, 0.717) is 0 Å². The molecule has 1 fully saturated rings. The summed E-state index contributed by atoms with van der Waals surface area (Å²) in [4.78, 5) is 30.6.